The molecule has 0 unspecified atom stereocenters. The van der Waals surface area contributed by atoms with E-state index in [2.05, 4.69) is 49.3 Å². The van der Waals surface area contributed by atoms with Gasteiger partial charge in [-0.1, -0.05) is 0 Å². The molecule has 0 fully saturated rings. The van der Waals surface area contributed by atoms with Gasteiger partial charge in [0.25, 0.3) is 0 Å². The maximum absolute atomic E-state index is 2.21. The fourth-order valence-electron chi connectivity index (χ4n) is 0.902. The molecule has 0 saturated heterocycles. The Morgan fingerprint density at radius 3 is 2.45 bits per heavy atom. The molecule has 0 aliphatic carbocycles. The Balaban J connectivity index is 0.000001000. The molecule has 3 heteroatoms. The van der Waals surface area contributed by atoms with Crippen molar-refractivity contribution in [2.75, 3.05) is 27.7 Å². The van der Waals surface area contributed by atoms with Crippen LogP contribution in [0.4, 0.5) is 0 Å². The minimum absolute atomic E-state index is 0. The second-order valence-electron chi connectivity index (χ2n) is 2.78. The second-order valence-corrected chi connectivity index (χ2v) is 2.78. The van der Waals surface area contributed by atoms with E-state index in [0.29, 0.717) is 0 Å². The predicted octanol–water partition coefficient (Wildman–Crippen LogP) is 1.51. The smallest absolute Gasteiger partial charge is 0.0373 e. The summed E-state index contributed by atoms with van der Waals surface area (Å²) in [6.07, 6.45) is 6.42. The zero-order valence-corrected chi connectivity index (χ0v) is 9.57. The Labute approximate surface area is 85.6 Å². The number of allylic oxidation sites excluding steroid dienone is 1. The summed E-state index contributed by atoms with van der Waals surface area (Å²) in [7, 11) is 6.18. The summed E-state index contributed by atoms with van der Waals surface area (Å²) in [5.41, 5.74) is 1.29. The highest BCUT2D eigenvalue weighted by atomic mass is 127. The van der Waals surface area contributed by atoms with Crippen molar-refractivity contribution in [2.24, 2.45) is 0 Å². The molecule has 0 aromatic carbocycles. The van der Waals surface area contributed by atoms with Gasteiger partial charge in [0.1, 0.15) is 0 Å². The van der Waals surface area contributed by atoms with Crippen molar-refractivity contribution >= 4 is 24.0 Å². The third-order valence-electron chi connectivity index (χ3n) is 1.60. The van der Waals surface area contributed by atoms with Crippen molar-refractivity contribution in [2.45, 2.75) is 0 Å². The molecular formula is C8H15IN2. The maximum Gasteiger partial charge on any atom is 0.0373 e. The monoisotopic (exact) mass is 266 g/mol. The van der Waals surface area contributed by atoms with E-state index < -0.39 is 0 Å². The van der Waals surface area contributed by atoms with Crippen LogP contribution in [-0.2, 0) is 0 Å². The highest BCUT2D eigenvalue weighted by Crippen LogP contribution is 2.06. The lowest BCUT2D eigenvalue weighted by Gasteiger charge is -2.21. The summed E-state index contributed by atoms with van der Waals surface area (Å²) < 4.78 is 0. The van der Waals surface area contributed by atoms with Gasteiger partial charge in [-0.15, -0.1) is 24.0 Å². The molecule has 0 saturated carbocycles. The summed E-state index contributed by atoms with van der Waals surface area (Å²) >= 11 is 0. The maximum atomic E-state index is 2.21. The van der Waals surface area contributed by atoms with E-state index in [1.54, 1.807) is 0 Å². The minimum Gasteiger partial charge on any atom is -0.378 e. The average molecular weight is 266 g/mol. The predicted molar refractivity (Wildman–Crippen MR) is 59.0 cm³/mol. The van der Waals surface area contributed by atoms with E-state index >= 15 is 0 Å². The topological polar surface area (TPSA) is 6.48 Å². The van der Waals surface area contributed by atoms with E-state index in [-0.39, 0.29) is 24.0 Å². The fraction of sp³-hybridized carbons (Fsp3) is 0.500. The zero-order chi connectivity index (χ0) is 7.56. The van der Waals surface area contributed by atoms with E-state index in [9.17, 15) is 0 Å². The summed E-state index contributed by atoms with van der Waals surface area (Å²) in [6, 6.07) is 0. The lowest BCUT2D eigenvalue weighted by atomic mass is 10.3. The van der Waals surface area contributed by atoms with Crippen LogP contribution >= 0.6 is 24.0 Å². The Kier molecular flexibility index (Phi) is 4.56. The van der Waals surface area contributed by atoms with Gasteiger partial charge in [0, 0.05) is 39.6 Å². The standard InChI is InChI=1S/C8H14N2.HI/c1-9(2)8-4-6-10(3)7-5-8;/h4-6H,7H2,1-3H3;1H. The number of nitrogens with zero attached hydrogens (tertiary/aromatic N) is 2. The molecule has 0 aromatic rings. The summed E-state index contributed by atoms with van der Waals surface area (Å²) in [4.78, 5) is 4.26. The van der Waals surface area contributed by atoms with Crippen LogP contribution in [0.25, 0.3) is 0 Å². The summed E-state index contributed by atoms with van der Waals surface area (Å²) in [5, 5.41) is 0. The van der Waals surface area contributed by atoms with Gasteiger partial charge in [0.2, 0.25) is 0 Å². The third kappa shape index (κ3) is 3.14. The highest BCUT2D eigenvalue weighted by Gasteiger charge is 2.00. The van der Waals surface area contributed by atoms with Gasteiger partial charge in [-0.2, -0.15) is 0 Å². The molecule has 1 aliphatic rings. The Hall–Kier alpha value is -0.190. The SMILES string of the molecule is CN1C=CC(N(C)C)=CC1.I. The molecule has 0 bridgehead atoms. The number of hydrogen-bond acceptors (Lipinski definition) is 2. The first-order chi connectivity index (χ1) is 4.70. The lowest BCUT2D eigenvalue weighted by molar-refractivity contribution is 0.467. The number of rotatable bonds is 1. The van der Waals surface area contributed by atoms with Crippen molar-refractivity contribution in [1.82, 2.24) is 9.80 Å². The van der Waals surface area contributed by atoms with Crippen molar-refractivity contribution in [3.63, 3.8) is 0 Å². The molecule has 0 amide bonds. The Morgan fingerprint density at radius 2 is 2.09 bits per heavy atom. The van der Waals surface area contributed by atoms with Crippen molar-refractivity contribution in [3.8, 4) is 0 Å². The van der Waals surface area contributed by atoms with Gasteiger partial charge in [-0.3, -0.25) is 0 Å². The molecule has 1 aliphatic heterocycles. The molecule has 0 radical (unpaired) electrons. The molecule has 0 aromatic heterocycles. The Bertz CT molecular complexity index is 173. The van der Waals surface area contributed by atoms with Crippen molar-refractivity contribution < 1.29 is 0 Å². The van der Waals surface area contributed by atoms with Gasteiger partial charge < -0.3 is 9.80 Å². The van der Waals surface area contributed by atoms with Crippen molar-refractivity contribution in [1.29, 1.82) is 0 Å². The first kappa shape index (κ1) is 10.8. The van der Waals surface area contributed by atoms with Crippen LogP contribution in [0.5, 0.6) is 0 Å². The summed E-state index contributed by atoms with van der Waals surface area (Å²) in [5.74, 6) is 0. The molecule has 64 valence electrons. The average Bonchev–Trinajstić information content (AvgIpc) is 1.88. The molecule has 11 heavy (non-hydrogen) atoms. The van der Waals surface area contributed by atoms with Crippen LogP contribution in [0.15, 0.2) is 24.0 Å². The number of halogens is 1. The minimum atomic E-state index is 0. The van der Waals surface area contributed by atoms with E-state index in [1.807, 2.05) is 0 Å². The van der Waals surface area contributed by atoms with Crippen LogP contribution in [0.1, 0.15) is 0 Å². The van der Waals surface area contributed by atoms with Gasteiger partial charge >= 0.3 is 0 Å². The molecule has 0 spiro atoms. The third-order valence-corrected chi connectivity index (χ3v) is 1.60. The highest BCUT2D eigenvalue weighted by molar-refractivity contribution is 14.0. The lowest BCUT2D eigenvalue weighted by Crippen LogP contribution is -2.19. The quantitative estimate of drug-likeness (QED) is 0.664. The van der Waals surface area contributed by atoms with E-state index in [0.717, 1.165) is 6.54 Å². The normalized spacial score (nSPS) is 15.5. The molecule has 1 heterocycles. The van der Waals surface area contributed by atoms with Crippen LogP contribution in [-0.4, -0.2) is 37.5 Å². The number of hydrogen-bond donors (Lipinski definition) is 0. The Morgan fingerprint density at radius 1 is 1.45 bits per heavy atom. The first-order valence-electron chi connectivity index (χ1n) is 3.46. The first-order valence-corrected chi connectivity index (χ1v) is 3.46. The molecule has 2 nitrogen and oxygen atoms in total. The van der Waals surface area contributed by atoms with Gasteiger partial charge in [-0.05, 0) is 12.2 Å². The van der Waals surface area contributed by atoms with Crippen molar-refractivity contribution in [3.05, 3.63) is 24.0 Å². The zero-order valence-electron chi connectivity index (χ0n) is 7.24. The molecular weight excluding hydrogens is 251 g/mol. The van der Waals surface area contributed by atoms with E-state index in [4.69, 9.17) is 0 Å². The van der Waals surface area contributed by atoms with Crippen LogP contribution in [0.3, 0.4) is 0 Å². The molecule has 1 rings (SSSR count). The molecule has 0 N–H and O–H groups in total. The van der Waals surface area contributed by atoms with Crippen LogP contribution in [0.2, 0.25) is 0 Å². The fourth-order valence-corrected chi connectivity index (χ4v) is 0.902. The number of likely N-dealkylation sites (N-methyl/N-ethyl adjacent to an activating group) is 2. The summed E-state index contributed by atoms with van der Waals surface area (Å²) in [6.45, 7) is 1.02. The van der Waals surface area contributed by atoms with Crippen LogP contribution in [0, 0.1) is 0 Å². The van der Waals surface area contributed by atoms with Gasteiger partial charge in [-0.25, -0.2) is 0 Å². The van der Waals surface area contributed by atoms with Crippen LogP contribution < -0.4 is 0 Å². The second kappa shape index (κ2) is 4.64. The molecule has 0 atom stereocenters. The van der Waals surface area contributed by atoms with Gasteiger partial charge in [0.15, 0.2) is 0 Å². The van der Waals surface area contributed by atoms with Gasteiger partial charge in [0.05, 0.1) is 0 Å². The van der Waals surface area contributed by atoms with E-state index in [1.165, 1.54) is 5.70 Å². The largest absolute Gasteiger partial charge is 0.378 e.